The maximum Gasteiger partial charge on any atom is 0.333 e. The maximum absolute atomic E-state index is 13.0. The number of hydrogen-bond donors (Lipinski definition) is 0. The normalized spacial score (nSPS) is 13.0. The highest BCUT2D eigenvalue weighted by atomic mass is 19.3. The summed E-state index contributed by atoms with van der Waals surface area (Å²) in [5.41, 5.74) is 4.53. The molecule has 0 bridgehead atoms. The molecule has 6 nitrogen and oxygen atoms in total. The fourth-order valence-corrected chi connectivity index (χ4v) is 3.69. The van der Waals surface area contributed by atoms with Gasteiger partial charge < -0.3 is 9.75 Å². The number of rotatable bonds is 4. The molecule has 0 amide bonds. The van der Waals surface area contributed by atoms with Crippen LogP contribution in [0.4, 0.5) is 8.78 Å². The largest absolute Gasteiger partial charge is 0.496 e. The Morgan fingerprint density at radius 1 is 1.14 bits per heavy atom. The van der Waals surface area contributed by atoms with Crippen molar-refractivity contribution >= 4 is 0 Å². The zero-order chi connectivity index (χ0) is 20.9. The van der Waals surface area contributed by atoms with E-state index in [2.05, 4.69) is 24.0 Å². The van der Waals surface area contributed by atoms with E-state index in [1.54, 1.807) is 13.0 Å². The number of pyridine rings is 1. The predicted molar refractivity (Wildman–Crippen MR) is 107 cm³/mol. The van der Waals surface area contributed by atoms with Gasteiger partial charge in [-0.3, -0.25) is 9.47 Å². The molecule has 0 atom stereocenters. The van der Waals surface area contributed by atoms with E-state index in [0.717, 1.165) is 16.8 Å². The van der Waals surface area contributed by atoms with Crippen LogP contribution in [0.5, 0.6) is 5.75 Å². The van der Waals surface area contributed by atoms with Crippen molar-refractivity contribution in [2.45, 2.75) is 39.9 Å². The van der Waals surface area contributed by atoms with Gasteiger partial charge in [-0.15, -0.1) is 0 Å². The molecule has 29 heavy (non-hydrogen) atoms. The van der Waals surface area contributed by atoms with Crippen molar-refractivity contribution in [1.29, 1.82) is 0 Å². The van der Waals surface area contributed by atoms with Gasteiger partial charge in [0.05, 0.1) is 25.5 Å². The fourth-order valence-electron chi connectivity index (χ4n) is 3.69. The number of ether oxygens (including phenoxy) is 1. The van der Waals surface area contributed by atoms with Crippen molar-refractivity contribution in [2.75, 3.05) is 12.1 Å². The number of hydrogen-bond acceptors (Lipinski definition) is 4. The summed E-state index contributed by atoms with van der Waals surface area (Å²) in [5, 5.41) is 5.89. The van der Waals surface area contributed by atoms with Gasteiger partial charge in [-0.1, -0.05) is 0 Å². The fraction of sp³-hybridized carbons (Fsp3) is 0.333. The summed E-state index contributed by atoms with van der Waals surface area (Å²) in [6, 6.07) is 5.62. The van der Waals surface area contributed by atoms with E-state index in [1.807, 2.05) is 23.0 Å². The Kier molecular flexibility index (Phi) is 4.64. The second kappa shape index (κ2) is 7.02. The van der Waals surface area contributed by atoms with Gasteiger partial charge in [0.2, 0.25) is 0 Å². The molecule has 0 fully saturated rings. The summed E-state index contributed by atoms with van der Waals surface area (Å²) in [5.74, 6) is 0.537. The number of aryl methyl sites for hydroxylation is 1. The van der Waals surface area contributed by atoms with Crippen molar-refractivity contribution < 1.29 is 13.5 Å². The quantitative estimate of drug-likeness (QED) is 0.666. The zero-order valence-corrected chi connectivity index (χ0v) is 16.7. The van der Waals surface area contributed by atoms with Crippen LogP contribution in [0.15, 0.2) is 41.6 Å². The van der Waals surface area contributed by atoms with E-state index in [-0.39, 0.29) is 11.5 Å². The van der Waals surface area contributed by atoms with Crippen molar-refractivity contribution in [3.05, 3.63) is 58.1 Å². The van der Waals surface area contributed by atoms with Crippen molar-refractivity contribution in [3.63, 3.8) is 0 Å². The third-order valence-corrected chi connectivity index (χ3v) is 5.24. The summed E-state index contributed by atoms with van der Waals surface area (Å²) in [4.78, 5) is 12.3. The van der Waals surface area contributed by atoms with E-state index >= 15 is 0 Å². The topological polar surface area (TPSA) is 52.3 Å². The number of methoxy groups -OCH3 is 1. The van der Waals surface area contributed by atoms with Crippen LogP contribution in [0, 0.1) is 6.92 Å². The summed E-state index contributed by atoms with van der Waals surface area (Å²) in [6.45, 7) is 3.88. The van der Waals surface area contributed by atoms with Gasteiger partial charge >= 0.3 is 6.55 Å². The van der Waals surface area contributed by atoms with Crippen molar-refractivity contribution in [1.82, 2.24) is 14.5 Å². The maximum atomic E-state index is 13.0. The highest BCUT2D eigenvalue weighted by Crippen LogP contribution is 2.39. The molecule has 1 aromatic carbocycles. The number of benzene rings is 1. The first-order valence-corrected chi connectivity index (χ1v) is 9.34. The number of alkyl halides is 2. The zero-order valence-electron chi connectivity index (χ0n) is 16.7. The minimum absolute atomic E-state index is 0.0333. The molecular formula is C21H22F2N4O2. The minimum atomic E-state index is -2.70. The number of aromatic nitrogens is 3. The molecule has 0 unspecified atom stereocenters. The van der Waals surface area contributed by atoms with Gasteiger partial charge in [0.25, 0.3) is 0 Å². The average Bonchev–Trinajstić information content (AvgIpc) is 3.17. The second-order valence-corrected chi connectivity index (χ2v) is 7.44. The molecule has 3 heterocycles. The molecule has 1 aliphatic heterocycles. The van der Waals surface area contributed by atoms with Gasteiger partial charge in [-0.25, -0.2) is 4.68 Å². The smallest absolute Gasteiger partial charge is 0.333 e. The molecule has 0 saturated heterocycles. The molecule has 8 heteroatoms. The highest BCUT2D eigenvalue weighted by Gasteiger charge is 2.26. The molecule has 152 valence electrons. The lowest BCUT2D eigenvalue weighted by molar-refractivity contribution is 0.0566. The molecule has 3 aromatic rings. The molecule has 0 N–H and O–H groups in total. The Labute approximate surface area is 166 Å². The summed E-state index contributed by atoms with van der Waals surface area (Å²) < 4.78 is 34.1. The Bertz CT molecular complexity index is 1130. The van der Waals surface area contributed by atoms with Crippen LogP contribution in [0.2, 0.25) is 0 Å². The van der Waals surface area contributed by atoms with Gasteiger partial charge in [0.1, 0.15) is 5.75 Å². The predicted octanol–water partition coefficient (Wildman–Crippen LogP) is 3.95. The van der Waals surface area contributed by atoms with Crippen LogP contribution in [0.3, 0.4) is 0 Å². The van der Waals surface area contributed by atoms with Gasteiger partial charge in [-0.2, -0.15) is 13.9 Å². The Morgan fingerprint density at radius 2 is 1.90 bits per heavy atom. The number of fused-ring (bicyclic) bond motifs is 3. The number of halogens is 2. The SMILES string of the molecule is COc1cc2c(cc1-c1cnn(C(F)F)c1)CN(C(C)C)n1cc(C)c(=O)cc1-2. The Balaban J connectivity index is 1.93. The highest BCUT2D eigenvalue weighted by molar-refractivity contribution is 5.78. The molecule has 0 radical (unpaired) electrons. The molecule has 0 spiro atoms. The first-order valence-electron chi connectivity index (χ1n) is 9.34. The lowest BCUT2D eigenvalue weighted by Crippen LogP contribution is -2.43. The van der Waals surface area contributed by atoms with Gasteiger partial charge in [-0.05, 0) is 38.5 Å². The van der Waals surface area contributed by atoms with E-state index in [0.29, 0.717) is 33.7 Å². The standard InChI is InChI=1S/C21H22F2N4O2/c1-12(2)26-11-14-5-17(15-8-24-25(10-15)21(22)23)20(29-4)6-16(14)18-7-19(28)13(3)9-27(18)26/h5-10,12,21H,11H2,1-4H3. The summed E-state index contributed by atoms with van der Waals surface area (Å²) >= 11 is 0. The minimum Gasteiger partial charge on any atom is -0.496 e. The molecule has 4 rings (SSSR count). The van der Waals surface area contributed by atoms with E-state index in [9.17, 15) is 13.6 Å². The first kappa shape index (κ1) is 19.2. The van der Waals surface area contributed by atoms with Crippen molar-refractivity contribution in [2.24, 2.45) is 0 Å². The third-order valence-electron chi connectivity index (χ3n) is 5.24. The van der Waals surface area contributed by atoms with E-state index in [4.69, 9.17) is 4.74 Å². The third kappa shape index (κ3) is 3.18. The van der Waals surface area contributed by atoms with Crippen LogP contribution in [-0.2, 0) is 6.54 Å². The van der Waals surface area contributed by atoms with E-state index in [1.165, 1.54) is 19.5 Å². The van der Waals surface area contributed by atoms with Crippen LogP contribution >= 0.6 is 0 Å². The first-order chi connectivity index (χ1) is 13.8. The number of nitrogens with zero attached hydrogens (tertiary/aromatic N) is 4. The van der Waals surface area contributed by atoms with Crippen LogP contribution in [0.25, 0.3) is 22.4 Å². The van der Waals surface area contributed by atoms with Crippen LogP contribution in [0.1, 0.15) is 31.5 Å². The van der Waals surface area contributed by atoms with Crippen LogP contribution < -0.4 is 15.2 Å². The Morgan fingerprint density at radius 3 is 2.52 bits per heavy atom. The van der Waals surface area contributed by atoms with Gasteiger partial charge in [0, 0.05) is 46.8 Å². The molecule has 0 aliphatic carbocycles. The summed E-state index contributed by atoms with van der Waals surface area (Å²) in [7, 11) is 1.54. The van der Waals surface area contributed by atoms with E-state index < -0.39 is 6.55 Å². The lowest BCUT2D eigenvalue weighted by Gasteiger charge is -2.38. The van der Waals surface area contributed by atoms with Gasteiger partial charge in [0.15, 0.2) is 5.43 Å². The second-order valence-electron chi connectivity index (χ2n) is 7.44. The lowest BCUT2D eigenvalue weighted by atomic mass is 9.95. The van der Waals surface area contributed by atoms with Crippen LogP contribution in [-0.4, -0.2) is 27.6 Å². The molecule has 2 aromatic heterocycles. The summed E-state index contributed by atoms with van der Waals surface area (Å²) in [6.07, 6.45) is 4.56. The average molecular weight is 400 g/mol. The molecule has 1 aliphatic rings. The Hall–Kier alpha value is -3.16. The van der Waals surface area contributed by atoms with Crippen molar-refractivity contribution in [3.8, 4) is 28.1 Å². The molecule has 0 saturated carbocycles. The molecular weight excluding hydrogens is 378 g/mol. The monoisotopic (exact) mass is 400 g/mol.